The normalized spacial score (nSPS) is 34.3. The predicted molar refractivity (Wildman–Crippen MR) is 105 cm³/mol. The van der Waals surface area contributed by atoms with Gasteiger partial charge in [-0.25, -0.2) is 4.79 Å². The van der Waals surface area contributed by atoms with Crippen molar-refractivity contribution in [1.82, 2.24) is 20.0 Å². The monoisotopic (exact) mass is 375 g/mol. The van der Waals surface area contributed by atoms with Gasteiger partial charge >= 0.3 is 6.03 Å². The minimum absolute atomic E-state index is 0.220. The Balaban J connectivity index is 1.23. The molecule has 1 N–H and O–H groups in total. The summed E-state index contributed by atoms with van der Waals surface area (Å²) in [5.41, 5.74) is 1.70. The first-order valence-electron chi connectivity index (χ1n) is 10.1. The molecule has 4 heterocycles. The maximum atomic E-state index is 12.9. The molecule has 0 spiro atoms. The van der Waals surface area contributed by atoms with E-state index in [-0.39, 0.29) is 6.03 Å². The van der Waals surface area contributed by atoms with E-state index in [0.717, 1.165) is 26.1 Å². The summed E-state index contributed by atoms with van der Waals surface area (Å²) in [5, 5.41) is 3.76. The van der Waals surface area contributed by atoms with Gasteiger partial charge in [0.15, 0.2) is 0 Å². The molecule has 3 unspecified atom stereocenters. The van der Waals surface area contributed by atoms with Crippen LogP contribution >= 0.6 is 11.8 Å². The SMILES string of the molecule is CN(C(=O)N1CCC2=C(C1)SC(N1C3C=NCC1CC3)N2)C1CCCC1. The van der Waals surface area contributed by atoms with Crippen LogP contribution in [0.3, 0.4) is 0 Å². The van der Waals surface area contributed by atoms with Crippen molar-refractivity contribution < 1.29 is 4.79 Å². The van der Waals surface area contributed by atoms with E-state index in [4.69, 9.17) is 0 Å². The zero-order chi connectivity index (χ0) is 17.7. The molecule has 1 saturated heterocycles. The van der Waals surface area contributed by atoms with Crippen LogP contribution in [-0.4, -0.2) is 77.3 Å². The van der Waals surface area contributed by atoms with Crippen molar-refractivity contribution >= 4 is 24.0 Å². The molecule has 6 nitrogen and oxygen atoms in total. The van der Waals surface area contributed by atoms with Gasteiger partial charge in [0.05, 0.1) is 13.1 Å². The molecule has 3 atom stereocenters. The minimum atomic E-state index is 0.220. The zero-order valence-corrected chi connectivity index (χ0v) is 16.4. The molecule has 0 aromatic heterocycles. The van der Waals surface area contributed by atoms with Gasteiger partial charge in [0, 0.05) is 55.0 Å². The number of urea groups is 1. The van der Waals surface area contributed by atoms with Gasteiger partial charge in [-0.15, -0.1) is 0 Å². The number of fused-ring (bicyclic) bond motifs is 2. The predicted octanol–water partition coefficient (Wildman–Crippen LogP) is 2.44. The molecule has 0 aromatic rings. The maximum Gasteiger partial charge on any atom is 0.320 e. The number of aliphatic imine (C=N–C) groups is 1. The van der Waals surface area contributed by atoms with Crippen LogP contribution in [0.5, 0.6) is 0 Å². The summed E-state index contributed by atoms with van der Waals surface area (Å²) < 4.78 is 0. The smallest absolute Gasteiger partial charge is 0.320 e. The van der Waals surface area contributed by atoms with Gasteiger partial charge in [0.25, 0.3) is 0 Å². The molecule has 2 fully saturated rings. The first-order valence-corrected chi connectivity index (χ1v) is 11.0. The summed E-state index contributed by atoms with van der Waals surface area (Å²) in [5.74, 6) is 0. The number of carbonyl (C=O) groups excluding carboxylic acids is 1. The van der Waals surface area contributed by atoms with Crippen molar-refractivity contribution in [3.8, 4) is 0 Å². The molecular weight excluding hydrogens is 346 g/mol. The lowest BCUT2D eigenvalue weighted by Gasteiger charge is -2.35. The molecule has 7 heteroatoms. The van der Waals surface area contributed by atoms with E-state index in [2.05, 4.69) is 26.3 Å². The van der Waals surface area contributed by atoms with E-state index < -0.39 is 0 Å². The Morgan fingerprint density at radius 3 is 2.96 bits per heavy atom. The molecule has 2 amide bonds. The lowest BCUT2D eigenvalue weighted by Crippen LogP contribution is -2.51. The average Bonchev–Trinajstić information content (AvgIpc) is 3.37. The van der Waals surface area contributed by atoms with Crippen molar-refractivity contribution in [2.45, 2.75) is 68.6 Å². The number of rotatable bonds is 2. The summed E-state index contributed by atoms with van der Waals surface area (Å²) in [7, 11) is 2.00. The molecule has 142 valence electrons. The molecular formula is C19H29N5OS. The highest BCUT2D eigenvalue weighted by molar-refractivity contribution is 8.03. The molecule has 5 aliphatic rings. The first-order chi connectivity index (χ1) is 12.7. The van der Waals surface area contributed by atoms with Gasteiger partial charge in [-0.3, -0.25) is 9.89 Å². The standard InChI is InChI=1S/C19H29N5OS/c1-22(13-4-2-3-5-13)19(25)23-9-8-16-17(12-23)26-18(21-16)24-14-6-7-15(24)11-20-10-14/h10,13-15,18,21H,2-9,11-12H2,1H3. The number of nitrogens with zero attached hydrogens (tertiary/aromatic N) is 4. The Labute approximate surface area is 160 Å². The second-order valence-electron chi connectivity index (χ2n) is 8.28. The third-order valence-electron chi connectivity index (χ3n) is 6.76. The Morgan fingerprint density at radius 1 is 1.31 bits per heavy atom. The highest BCUT2D eigenvalue weighted by Crippen LogP contribution is 2.41. The van der Waals surface area contributed by atoms with Crippen LogP contribution in [-0.2, 0) is 0 Å². The molecule has 1 aliphatic carbocycles. The lowest BCUT2D eigenvalue weighted by molar-refractivity contribution is 0.149. The van der Waals surface area contributed by atoms with Crippen LogP contribution in [0.15, 0.2) is 15.6 Å². The number of thioether (sulfide) groups is 1. The Bertz CT molecular complexity index is 644. The van der Waals surface area contributed by atoms with Crippen molar-refractivity contribution in [2.75, 3.05) is 26.7 Å². The van der Waals surface area contributed by atoms with Gasteiger partial charge in [0.2, 0.25) is 0 Å². The highest BCUT2D eigenvalue weighted by atomic mass is 32.2. The van der Waals surface area contributed by atoms with E-state index in [1.165, 1.54) is 49.1 Å². The van der Waals surface area contributed by atoms with E-state index >= 15 is 0 Å². The topological polar surface area (TPSA) is 51.2 Å². The fourth-order valence-electron chi connectivity index (χ4n) is 5.22. The van der Waals surface area contributed by atoms with Crippen LogP contribution in [0.4, 0.5) is 4.79 Å². The number of carbonyl (C=O) groups is 1. The van der Waals surface area contributed by atoms with Gasteiger partial charge < -0.3 is 15.1 Å². The Hall–Kier alpha value is -1.21. The minimum Gasteiger partial charge on any atom is -0.363 e. The van der Waals surface area contributed by atoms with E-state index in [9.17, 15) is 4.79 Å². The van der Waals surface area contributed by atoms with Gasteiger partial charge in [0.1, 0.15) is 5.50 Å². The first kappa shape index (κ1) is 16.9. The summed E-state index contributed by atoms with van der Waals surface area (Å²) in [6.45, 7) is 2.55. The number of nitrogens with one attached hydrogen (secondary N) is 1. The maximum absolute atomic E-state index is 12.9. The Morgan fingerprint density at radius 2 is 2.15 bits per heavy atom. The van der Waals surface area contributed by atoms with Gasteiger partial charge in [-0.05, 0) is 25.7 Å². The lowest BCUT2D eigenvalue weighted by atomic mass is 10.2. The fourth-order valence-corrected chi connectivity index (χ4v) is 6.67. The molecule has 4 aliphatic heterocycles. The third kappa shape index (κ3) is 2.83. The van der Waals surface area contributed by atoms with Gasteiger partial charge in [-0.2, -0.15) is 0 Å². The quantitative estimate of drug-likeness (QED) is 0.805. The van der Waals surface area contributed by atoms with E-state index in [1.807, 2.05) is 23.7 Å². The molecule has 26 heavy (non-hydrogen) atoms. The summed E-state index contributed by atoms with van der Waals surface area (Å²) in [4.78, 5) is 25.5. The van der Waals surface area contributed by atoms with Crippen molar-refractivity contribution in [2.24, 2.45) is 4.99 Å². The second-order valence-corrected chi connectivity index (χ2v) is 9.45. The van der Waals surface area contributed by atoms with Crippen molar-refractivity contribution in [3.05, 3.63) is 10.6 Å². The fraction of sp³-hybridized carbons (Fsp3) is 0.789. The number of hydrogen-bond donors (Lipinski definition) is 1. The van der Waals surface area contributed by atoms with Gasteiger partial charge in [-0.1, -0.05) is 24.6 Å². The number of hydrogen-bond acceptors (Lipinski definition) is 5. The van der Waals surface area contributed by atoms with E-state index in [0.29, 0.717) is 23.6 Å². The molecule has 0 radical (unpaired) electrons. The largest absolute Gasteiger partial charge is 0.363 e. The van der Waals surface area contributed by atoms with Crippen LogP contribution in [0.2, 0.25) is 0 Å². The second kappa shape index (κ2) is 6.75. The van der Waals surface area contributed by atoms with E-state index in [1.54, 1.807) is 0 Å². The molecule has 2 bridgehead atoms. The van der Waals surface area contributed by atoms with Crippen LogP contribution in [0.1, 0.15) is 44.9 Å². The summed E-state index contributed by atoms with van der Waals surface area (Å²) >= 11 is 1.93. The zero-order valence-electron chi connectivity index (χ0n) is 15.6. The molecule has 1 saturated carbocycles. The van der Waals surface area contributed by atoms with Crippen LogP contribution in [0.25, 0.3) is 0 Å². The molecule has 5 rings (SSSR count). The summed E-state index contributed by atoms with van der Waals surface area (Å²) in [6.07, 6.45) is 10.5. The average molecular weight is 376 g/mol. The van der Waals surface area contributed by atoms with Crippen LogP contribution in [0, 0.1) is 0 Å². The van der Waals surface area contributed by atoms with Crippen LogP contribution < -0.4 is 5.32 Å². The van der Waals surface area contributed by atoms with Crippen molar-refractivity contribution in [1.29, 1.82) is 0 Å². The number of amides is 2. The summed E-state index contributed by atoms with van der Waals surface area (Å²) in [6, 6.07) is 1.75. The van der Waals surface area contributed by atoms with Crippen molar-refractivity contribution in [3.63, 3.8) is 0 Å². The molecule has 0 aromatic carbocycles. The highest BCUT2D eigenvalue weighted by Gasteiger charge is 2.43. The Kier molecular flexibility index (Phi) is 4.39. The third-order valence-corrected chi connectivity index (χ3v) is 8.01.